The lowest BCUT2D eigenvalue weighted by Crippen LogP contribution is -3.00. The second kappa shape index (κ2) is 21.1. The first-order valence-corrected chi connectivity index (χ1v) is 12.0. The van der Waals surface area contributed by atoms with Gasteiger partial charge in [-0.1, -0.05) is 65.2 Å². The summed E-state index contributed by atoms with van der Waals surface area (Å²) in [4.78, 5) is 0. The topological polar surface area (TPSA) is 0 Å². The monoisotopic (exact) mass is 528 g/mol. The minimum absolute atomic E-state index is 0. The van der Waals surface area contributed by atoms with Gasteiger partial charge in [-0.2, -0.15) is 0 Å². The number of rotatable bonds is 19. The van der Waals surface area contributed by atoms with Crippen molar-refractivity contribution in [3.05, 3.63) is 0 Å². The maximum absolute atomic E-state index is 2.43. The van der Waals surface area contributed by atoms with Gasteiger partial charge in [-0.3, -0.25) is 0 Å². The van der Waals surface area contributed by atoms with Gasteiger partial charge < -0.3 is 42.9 Å². The average molecular weight is 531 g/mol. The normalized spacial score (nSPS) is 11.8. The maximum Gasteiger partial charge on any atom is 0.0784 e. The molecular weight excluding hydrogens is 476 g/mol. The zero-order chi connectivity index (χ0) is 19.7. The van der Waals surface area contributed by atoms with E-state index in [4.69, 9.17) is 0 Å². The van der Waals surface area contributed by atoms with E-state index < -0.39 is 0 Å². The first-order valence-electron chi connectivity index (χ1n) is 12.0. The average Bonchev–Trinajstić information content (AvgIpc) is 2.58. The molecule has 0 aliphatic carbocycles. The molecule has 0 fully saturated rings. The van der Waals surface area contributed by atoms with E-state index in [1.54, 1.807) is 0 Å². The molecule has 174 valence electrons. The van der Waals surface area contributed by atoms with Gasteiger partial charge in [0.05, 0.1) is 54.4 Å². The number of halogens is 2. The molecule has 0 aliphatic rings. The summed E-state index contributed by atoms with van der Waals surface area (Å²) in [7, 11) is 9.73. The van der Waals surface area contributed by atoms with Gasteiger partial charge in [0, 0.05) is 12.8 Å². The minimum Gasteiger partial charge on any atom is -1.00 e. The summed E-state index contributed by atoms with van der Waals surface area (Å²) < 4.78 is 2.44. The van der Waals surface area contributed by atoms with Gasteiger partial charge in [-0.05, 0) is 25.7 Å². The smallest absolute Gasteiger partial charge is 0.0784 e. The highest BCUT2D eigenvalue weighted by Crippen LogP contribution is 2.12. The molecule has 0 rings (SSSR count). The third-order valence-electron chi connectivity index (χ3n) is 6.01. The molecule has 0 saturated carbocycles. The van der Waals surface area contributed by atoms with Gasteiger partial charge in [0.15, 0.2) is 0 Å². The third kappa shape index (κ3) is 23.2. The van der Waals surface area contributed by atoms with Crippen molar-refractivity contribution in [1.82, 2.24) is 0 Å². The molecule has 0 N–H and O–H groups in total. The van der Waals surface area contributed by atoms with E-state index in [2.05, 4.69) is 42.0 Å². The van der Waals surface area contributed by atoms with Crippen LogP contribution in [0.2, 0.25) is 0 Å². The number of hydrogen-bond acceptors (Lipinski definition) is 0. The van der Waals surface area contributed by atoms with E-state index in [1.807, 2.05) is 0 Å². The van der Waals surface area contributed by atoms with Crippen molar-refractivity contribution in [3.63, 3.8) is 0 Å². The Bertz CT molecular complexity index is 277. The van der Waals surface area contributed by atoms with Gasteiger partial charge in [-0.15, -0.1) is 0 Å². The van der Waals surface area contributed by atoms with Crippen LogP contribution in [0.4, 0.5) is 0 Å². The zero-order valence-electron chi connectivity index (χ0n) is 20.4. The Morgan fingerprint density at radius 3 is 0.857 bits per heavy atom. The Morgan fingerprint density at radius 2 is 0.571 bits per heavy atom. The Kier molecular flexibility index (Phi) is 25.3. The fraction of sp³-hybridized carbons (Fsp3) is 1.00. The zero-order valence-corrected chi connectivity index (χ0v) is 23.6. The highest BCUT2D eigenvalue weighted by atomic mass is 79.9. The van der Waals surface area contributed by atoms with Gasteiger partial charge in [0.25, 0.3) is 0 Å². The second-order valence-electron chi connectivity index (χ2n) is 10.0. The van der Waals surface area contributed by atoms with Crippen molar-refractivity contribution in [3.8, 4) is 0 Å². The number of quaternary nitrogens is 2. The molecule has 0 atom stereocenters. The summed E-state index contributed by atoms with van der Waals surface area (Å²) >= 11 is 0. The van der Waals surface area contributed by atoms with Crippen LogP contribution in [0.5, 0.6) is 0 Å². The van der Waals surface area contributed by atoms with Crippen molar-refractivity contribution in [1.29, 1.82) is 0 Å². The Balaban J connectivity index is -0.00000312. The van der Waals surface area contributed by atoms with Crippen LogP contribution in [0.1, 0.15) is 104 Å². The molecule has 0 aliphatic heterocycles. The van der Waals surface area contributed by atoms with Crippen LogP contribution in [-0.2, 0) is 0 Å². The largest absolute Gasteiger partial charge is 1.00 e. The lowest BCUT2D eigenvalue weighted by Gasteiger charge is -2.32. The van der Waals surface area contributed by atoms with Gasteiger partial charge in [-0.25, -0.2) is 0 Å². The summed E-state index contributed by atoms with van der Waals surface area (Å²) in [5, 5.41) is 0. The van der Waals surface area contributed by atoms with Crippen molar-refractivity contribution >= 4 is 0 Å². The van der Waals surface area contributed by atoms with Gasteiger partial charge >= 0.3 is 0 Å². The Hall–Kier alpha value is 0.880. The van der Waals surface area contributed by atoms with E-state index in [0.717, 1.165) is 0 Å². The highest BCUT2D eigenvalue weighted by molar-refractivity contribution is 4.47. The molecule has 0 heterocycles. The molecule has 0 saturated heterocycles. The molecular formula is C24H54Br2N2. The molecule has 28 heavy (non-hydrogen) atoms. The predicted octanol–water partition coefficient (Wildman–Crippen LogP) is 0.648. The van der Waals surface area contributed by atoms with E-state index in [9.17, 15) is 0 Å². The predicted molar refractivity (Wildman–Crippen MR) is 120 cm³/mol. The summed E-state index contributed by atoms with van der Waals surface area (Å²) in [5.41, 5.74) is 0. The molecule has 0 aromatic carbocycles. The molecule has 2 nitrogen and oxygen atoms in total. The van der Waals surface area contributed by atoms with Crippen LogP contribution in [-0.4, -0.2) is 63.3 Å². The number of unbranched alkanes of at least 4 members (excludes halogenated alkanes) is 11. The van der Waals surface area contributed by atoms with Gasteiger partial charge in [0.2, 0.25) is 0 Å². The van der Waals surface area contributed by atoms with Crippen LogP contribution >= 0.6 is 0 Å². The molecule has 4 heteroatoms. The van der Waals surface area contributed by atoms with Crippen LogP contribution in [0.25, 0.3) is 0 Å². The molecule has 0 amide bonds. The highest BCUT2D eigenvalue weighted by Gasteiger charge is 2.17. The molecule has 0 aromatic heterocycles. The SMILES string of the molecule is CCCCCCCC[N+](C)(C)CCCC[N+](C)(C)CCCCCCCC.[Br-].[Br-]. The Morgan fingerprint density at radius 1 is 0.357 bits per heavy atom. The summed E-state index contributed by atoms with van der Waals surface area (Å²) in [6.07, 6.45) is 19.8. The van der Waals surface area contributed by atoms with E-state index in [-0.39, 0.29) is 34.0 Å². The maximum atomic E-state index is 2.43. The number of nitrogens with zero attached hydrogens (tertiary/aromatic N) is 2. The van der Waals surface area contributed by atoms with Crippen LogP contribution in [0, 0.1) is 0 Å². The first kappa shape index (κ1) is 33.5. The molecule has 0 radical (unpaired) electrons. The molecule has 0 unspecified atom stereocenters. The van der Waals surface area contributed by atoms with Crippen molar-refractivity contribution in [2.45, 2.75) is 104 Å². The Labute approximate surface area is 200 Å². The van der Waals surface area contributed by atoms with Crippen LogP contribution in [0.3, 0.4) is 0 Å². The summed E-state index contributed by atoms with van der Waals surface area (Å²) in [6.45, 7) is 10.0. The van der Waals surface area contributed by atoms with Crippen LogP contribution in [0.15, 0.2) is 0 Å². The quantitative estimate of drug-likeness (QED) is 0.170. The second-order valence-corrected chi connectivity index (χ2v) is 10.0. The van der Waals surface area contributed by atoms with E-state index in [1.165, 1.54) is 125 Å². The van der Waals surface area contributed by atoms with Crippen LogP contribution < -0.4 is 34.0 Å². The lowest BCUT2D eigenvalue weighted by molar-refractivity contribution is -0.897. The minimum atomic E-state index is 0. The summed E-state index contributed by atoms with van der Waals surface area (Å²) in [5.74, 6) is 0. The van der Waals surface area contributed by atoms with E-state index in [0.29, 0.717) is 0 Å². The van der Waals surface area contributed by atoms with Crippen molar-refractivity contribution in [2.24, 2.45) is 0 Å². The summed E-state index contributed by atoms with van der Waals surface area (Å²) in [6, 6.07) is 0. The third-order valence-corrected chi connectivity index (χ3v) is 6.01. The fourth-order valence-corrected chi connectivity index (χ4v) is 3.94. The molecule has 0 bridgehead atoms. The van der Waals surface area contributed by atoms with Gasteiger partial charge in [0.1, 0.15) is 0 Å². The first-order chi connectivity index (χ1) is 12.3. The fourth-order valence-electron chi connectivity index (χ4n) is 3.94. The van der Waals surface area contributed by atoms with E-state index >= 15 is 0 Å². The standard InChI is InChI=1S/C24H54N2.2BrH/c1-7-9-11-13-15-17-21-25(3,4)23-19-20-24-26(5,6)22-18-16-14-12-10-8-2;;/h7-24H2,1-6H3;2*1H/q+2;;/p-2. The number of hydrogen-bond donors (Lipinski definition) is 0. The van der Waals surface area contributed by atoms with Crippen molar-refractivity contribution in [2.75, 3.05) is 54.4 Å². The lowest BCUT2D eigenvalue weighted by atomic mass is 10.1. The van der Waals surface area contributed by atoms with Crippen molar-refractivity contribution < 1.29 is 42.9 Å². The molecule has 0 aromatic rings. The molecule has 0 spiro atoms.